The van der Waals surface area contributed by atoms with Gasteiger partial charge in [-0.05, 0) is 25.7 Å². The Labute approximate surface area is 61.9 Å². The van der Waals surface area contributed by atoms with Gasteiger partial charge < -0.3 is 10.1 Å². The van der Waals surface area contributed by atoms with Gasteiger partial charge in [0.2, 0.25) is 0 Å². The molecule has 0 radical (unpaired) electrons. The van der Waals surface area contributed by atoms with Gasteiger partial charge in [-0.15, -0.1) is 0 Å². The Morgan fingerprint density at radius 1 is 1.30 bits per heavy atom. The van der Waals surface area contributed by atoms with E-state index in [-0.39, 0.29) is 0 Å². The average Bonchev–Trinajstić information content (AvgIpc) is 2.68. The highest BCUT2D eigenvalue weighted by molar-refractivity contribution is 4.86. The van der Waals surface area contributed by atoms with Gasteiger partial charge in [-0.25, -0.2) is 0 Å². The van der Waals surface area contributed by atoms with Crippen LogP contribution in [0.15, 0.2) is 0 Å². The van der Waals surface area contributed by atoms with E-state index >= 15 is 0 Å². The summed E-state index contributed by atoms with van der Waals surface area (Å²) in [5.74, 6) is 0.884. The monoisotopic (exact) mass is 141 g/mol. The minimum atomic E-state index is 0.430. The maximum absolute atomic E-state index is 5.75. The van der Waals surface area contributed by atoms with Crippen LogP contribution in [0.3, 0.4) is 0 Å². The van der Waals surface area contributed by atoms with Gasteiger partial charge in [0.15, 0.2) is 0 Å². The molecule has 0 aromatic rings. The molecule has 1 saturated heterocycles. The molecule has 2 fully saturated rings. The van der Waals surface area contributed by atoms with Crippen molar-refractivity contribution in [3.8, 4) is 0 Å². The molecule has 0 bridgehead atoms. The predicted octanol–water partition coefficient (Wildman–Crippen LogP) is 0.773. The first-order valence-electron chi connectivity index (χ1n) is 4.22. The lowest BCUT2D eigenvalue weighted by molar-refractivity contribution is -0.0380. The standard InChI is InChI=1S/C8H15NO/c1-6-4-9-5-8(10-6)7-2-3-7/h6-9H,2-5H2,1H3/t6-,8-/m1/s1. The van der Waals surface area contributed by atoms with Gasteiger partial charge in [0.05, 0.1) is 12.2 Å². The maximum Gasteiger partial charge on any atom is 0.0731 e. The minimum Gasteiger partial charge on any atom is -0.372 e. The van der Waals surface area contributed by atoms with Crippen LogP contribution in [0.5, 0.6) is 0 Å². The lowest BCUT2D eigenvalue weighted by Crippen LogP contribution is -2.44. The zero-order valence-corrected chi connectivity index (χ0v) is 6.47. The molecule has 1 heterocycles. The Kier molecular flexibility index (Phi) is 1.66. The Hall–Kier alpha value is -0.0800. The van der Waals surface area contributed by atoms with E-state index in [4.69, 9.17) is 4.74 Å². The Bertz CT molecular complexity index is 122. The summed E-state index contributed by atoms with van der Waals surface area (Å²) in [6.45, 7) is 4.25. The highest BCUT2D eigenvalue weighted by Gasteiger charge is 2.34. The van der Waals surface area contributed by atoms with E-state index < -0.39 is 0 Å². The molecular weight excluding hydrogens is 126 g/mol. The number of morpholine rings is 1. The maximum atomic E-state index is 5.75. The molecule has 10 heavy (non-hydrogen) atoms. The third-order valence-corrected chi connectivity index (χ3v) is 2.33. The molecule has 58 valence electrons. The molecule has 1 aliphatic heterocycles. The zero-order chi connectivity index (χ0) is 6.97. The summed E-state index contributed by atoms with van der Waals surface area (Å²) < 4.78 is 5.75. The normalized spacial score (nSPS) is 41.7. The first-order chi connectivity index (χ1) is 4.86. The van der Waals surface area contributed by atoms with E-state index in [0.29, 0.717) is 12.2 Å². The second-order valence-corrected chi connectivity index (χ2v) is 3.48. The fraction of sp³-hybridized carbons (Fsp3) is 1.00. The van der Waals surface area contributed by atoms with E-state index in [0.717, 1.165) is 19.0 Å². The molecule has 2 nitrogen and oxygen atoms in total. The van der Waals surface area contributed by atoms with E-state index in [1.807, 2.05) is 0 Å². The average molecular weight is 141 g/mol. The van der Waals surface area contributed by atoms with E-state index in [9.17, 15) is 0 Å². The largest absolute Gasteiger partial charge is 0.372 e. The fourth-order valence-corrected chi connectivity index (χ4v) is 1.57. The van der Waals surface area contributed by atoms with Crippen molar-refractivity contribution in [2.24, 2.45) is 5.92 Å². The molecule has 0 amide bonds. The third-order valence-electron chi connectivity index (χ3n) is 2.33. The molecule has 1 aliphatic carbocycles. The van der Waals surface area contributed by atoms with Crippen molar-refractivity contribution >= 4 is 0 Å². The first kappa shape index (κ1) is 6.62. The summed E-state index contributed by atoms with van der Waals surface area (Å²) in [5, 5.41) is 3.38. The summed E-state index contributed by atoms with van der Waals surface area (Å²) in [6, 6.07) is 0. The molecule has 0 unspecified atom stereocenters. The zero-order valence-electron chi connectivity index (χ0n) is 6.47. The van der Waals surface area contributed by atoms with Gasteiger partial charge in [0.1, 0.15) is 0 Å². The Morgan fingerprint density at radius 2 is 2.10 bits per heavy atom. The van der Waals surface area contributed by atoms with E-state index in [2.05, 4.69) is 12.2 Å². The van der Waals surface area contributed by atoms with Crippen LogP contribution >= 0.6 is 0 Å². The first-order valence-corrected chi connectivity index (χ1v) is 4.22. The van der Waals surface area contributed by atoms with Gasteiger partial charge in [-0.2, -0.15) is 0 Å². The van der Waals surface area contributed by atoms with Gasteiger partial charge >= 0.3 is 0 Å². The minimum absolute atomic E-state index is 0.430. The molecule has 0 aromatic carbocycles. The predicted molar refractivity (Wildman–Crippen MR) is 39.9 cm³/mol. The van der Waals surface area contributed by atoms with Gasteiger partial charge in [-0.1, -0.05) is 0 Å². The van der Waals surface area contributed by atoms with Gasteiger partial charge in [0, 0.05) is 13.1 Å². The molecular formula is C8H15NO. The third kappa shape index (κ3) is 1.32. The summed E-state index contributed by atoms with van der Waals surface area (Å²) >= 11 is 0. The summed E-state index contributed by atoms with van der Waals surface area (Å²) in [4.78, 5) is 0. The topological polar surface area (TPSA) is 21.3 Å². The highest BCUT2D eigenvalue weighted by Crippen LogP contribution is 2.35. The molecule has 2 atom stereocenters. The van der Waals surface area contributed by atoms with Crippen molar-refractivity contribution in [1.82, 2.24) is 5.32 Å². The van der Waals surface area contributed by atoms with Gasteiger partial charge in [0.25, 0.3) is 0 Å². The van der Waals surface area contributed by atoms with Crippen LogP contribution in [-0.4, -0.2) is 25.3 Å². The molecule has 1 saturated carbocycles. The fourth-order valence-electron chi connectivity index (χ4n) is 1.57. The van der Waals surface area contributed by atoms with Crippen LogP contribution in [-0.2, 0) is 4.74 Å². The Balaban J connectivity index is 1.84. The summed E-state index contributed by atoms with van der Waals surface area (Å²) in [7, 11) is 0. The summed E-state index contributed by atoms with van der Waals surface area (Å²) in [6.07, 6.45) is 3.74. The lowest BCUT2D eigenvalue weighted by Gasteiger charge is -2.28. The van der Waals surface area contributed by atoms with Crippen LogP contribution in [0.4, 0.5) is 0 Å². The van der Waals surface area contributed by atoms with Crippen LogP contribution in [0.2, 0.25) is 0 Å². The van der Waals surface area contributed by atoms with Crippen molar-refractivity contribution in [2.75, 3.05) is 13.1 Å². The van der Waals surface area contributed by atoms with Crippen LogP contribution < -0.4 is 5.32 Å². The molecule has 1 N–H and O–H groups in total. The molecule has 0 spiro atoms. The molecule has 0 aromatic heterocycles. The van der Waals surface area contributed by atoms with Crippen LogP contribution in [0.1, 0.15) is 19.8 Å². The second kappa shape index (κ2) is 2.51. The number of rotatable bonds is 1. The number of hydrogen-bond acceptors (Lipinski definition) is 2. The van der Waals surface area contributed by atoms with Crippen molar-refractivity contribution < 1.29 is 4.74 Å². The summed E-state index contributed by atoms with van der Waals surface area (Å²) in [5.41, 5.74) is 0. The van der Waals surface area contributed by atoms with Crippen LogP contribution in [0.25, 0.3) is 0 Å². The van der Waals surface area contributed by atoms with Gasteiger partial charge in [-0.3, -0.25) is 0 Å². The Morgan fingerprint density at radius 3 is 2.70 bits per heavy atom. The van der Waals surface area contributed by atoms with Crippen molar-refractivity contribution in [2.45, 2.75) is 32.0 Å². The smallest absolute Gasteiger partial charge is 0.0731 e. The van der Waals surface area contributed by atoms with E-state index in [1.54, 1.807) is 0 Å². The van der Waals surface area contributed by atoms with Crippen molar-refractivity contribution in [3.05, 3.63) is 0 Å². The lowest BCUT2D eigenvalue weighted by atomic mass is 10.2. The quantitative estimate of drug-likeness (QED) is 0.582. The molecule has 2 heteroatoms. The number of nitrogens with one attached hydrogen (secondary N) is 1. The van der Waals surface area contributed by atoms with Crippen molar-refractivity contribution in [3.63, 3.8) is 0 Å². The SMILES string of the molecule is C[C@@H]1CNC[C@H](C2CC2)O1. The molecule has 2 aliphatic rings. The number of hydrogen-bond donors (Lipinski definition) is 1. The number of ether oxygens (including phenoxy) is 1. The molecule has 2 rings (SSSR count). The van der Waals surface area contributed by atoms with Crippen molar-refractivity contribution in [1.29, 1.82) is 0 Å². The van der Waals surface area contributed by atoms with Crippen LogP contribution in [0, 0.1) is 5.92 Å². The second-order valence-electron chi connectivity index (χ2n) is 3.48. The van der Waals surface area contributed by atoms with E-state index in [1.165, 1.54) is 12.8 Å². The highest BCUT2D eigenvalue weighted by atomic mass is 16.5.